The maximum absolute atomic E-state index is 12.7. The monoisotopic (exact) mass is 411 g/mol. The minimum atomic E-state index is -0.545. The van der Waals surface area contributed by atoms with E-state index >= 15 is 0 Å². The Morgan fingerprint density at radius 3 is 2.59 bits per heavy atom. The molecule has 0 aliphatic carbocycles. The Hall–Kier alpha value is -2.47. The Bertz CT molecular complexity index is 896. The number of amides is 1. The first-order valence-electron chi connectivity index (χ1n) is 9.89. The van der Waals surface area contributed by atoms with Crippen LogP contribution >= 0.6 is 11.8 Å². The topological polar surface area (TPSA) is 55.8 Å². The average Bonchev–Trinajstić information content (AvgIpc) is 3.24. The smallest absolute Gasteiger partial charge is 0.329 e. The minimum Gasteiger partial charge on any atom is -0.490 e. The molecule has 2 atom stereocenters. The molecule has 0 radical (unpaired) electrons. The van der Waals surface area contributed by atoms with E-state index in [4.69, 9.17) is 9.47 Å². The highest BCUT2D eigenvalue weighted by molar-refractivity contribution is 8.00. The molecule has 0 aromatic heterocycles. The van der Waals surface area contributed by atoms with Gasteiger partial charge in [-0.25, -0.2) is 4.79 Å². The molecule has 2 aliphatic rings. The molecule has 0 bridgehead atoms. The second-order valence-corrected chi connectivity index (χ2v) is 8.88. The predicted octanol–water partition coefficient (Wildman–Crippen LogP) is 3.82. The maximum Gasteiger partial charge on any atom is 0.329 e. The Kier molecular flexibility index (Phi) is 5.54. The van der Waals surface area contributed by atoms with Crippen LogP contribution in [-0.2, 0) is 19.2 Å². The lowest BCUT2D eigenvalue weighted by molar-refractivity contribution is -0.154. The van der Waals surface area contributed by atoms with Crippen molar-refractivity contribution in [3.05, 3.63) is 65.2 Å². The standard InChI is InChI=1S/C23H25NO4S/c1-16-12-17(2)14-19(13-16)27-10-11-28-22(26)20-15-29-23(9-8-21(25)24(20)23)18-6-4-3-5-7-18/h3-7,12-14,20H,8-11,15H2,1-2H3/t20-,23+/m1/s1. The predicted molar refractivity (Wildman–Crippen MR) is 113 cm³/mol. The van der Waals surface area contributed by atoms with Crippen LogP contribution in [-0.4, -0.2) is 41.8 Å². The van der Waals surface area contributed by atoms with Gasteiger partial charge in [0, 0.05) is 12.2 Å². The van der Waals surface area contributed by atoms with E-state index in [1.807, 2.05) is 56.3 Å². The fourth-order valence-electron chi connectivity index (χ4n) is 4.23. The molecular weight excluding hydrogens is 386 g/mol. The first-order chi connectivity index (χ1) is 14.0. The number of benzene rings is 2. The van der Waals surface area contributed by atoms with Crippen LogP contribution in [0.25, 0.3) is 0 Å². The number of ether oxygens (including phenoxy) is 2. The zero-order valence-corrected chi connectivity index (χ0v) is 17.5. The number of thioether (sulfide) groups is 1. The molecule has 0 saturated carbocycles. The van der Waals surface area contributed by atoms with Gasteiger partial charge in [0.15, 0.2) is 0 Å². The molecule has 2 aliphatic heterocycles. The van der Waals surface area contributed by atoms with Crippen LogP contribution in [0.2, 0.25) is 0 Å². The molecule has 2 aromatic rings. The molecule has 0 N–H and O–H groups in total. The minimum absolute atomic E-state index is 0.0206. The normalized spacial score (nSPS) is 23.2. The number of hydrogen-bond donors (Lipinski definition) is 0. The van der Waals surface area contributed by atoms with Crippen LogP contribution in [0.3, 0.4) is 0 Å². The molecule has 0 unspecified atom stereocenters. The fraction of sp³-hybridized carbons (Fsp3) is 0.391. The molecule has 4 rings (SSSR count). The van der Waals surface area contributed by atoms with Gasteiger partial charge in [-0.15, -0.1) is 11.8 Å². The summed E-state index contributed by atoms with van der Waals surface area (Å²) < 4.78 is 11.2. The van der Waals surface area contributed by atoms with E-state index in [1.165, 1.54) is 0 Å². The first kappa shape index (κ1) is 19.8. The number of carbonyl (C=O) groups is 2. The van der Waals surface area contributed by atoms with E-state index < -0.39 is 10.9 Å². The van der Waals surface area contributed by atoms with Crippen LogP contribution in [0.15, 0.2) is 48.5 Å². The van der Waals surface area contributed by atoms with Crippen LogP contribution in [0, 0.1) is 13.8 Å². The van der Waals surface area contributed by atoms with Crippen LogP contribution in [0.4, 0.5) is 0 Å². The first-order valence-corrected chi connectivity index (χ1v) is 10.9. The molecular formula is C23H25NO4S. The summed E-state index contributed by atoms with van der Waals surface area (Å²) in [6.07, 6.45) is 1.18. The number of nitrogens with zero attached hydrogens (tertiary/aromatic N) is 1. The summed E-state index contributed by atoms with van der Waals surface area (Å²) in [5.74, 6) is 0.992. The molecule has 152 valence electrons. The SMILES string of the molecule is Cc1cc(C)cc(OCCOC(=O)[C@H]2CS[C@]3(c4ccccc4)CCC(=O)N23)c1. The van der Waals surface area contributed by atoms with Crippen LogP contribution < -0.4 is 4.74 Å². The zero-order valence-electron chi connectivity index (χ0n) is 16.7. The molecule has 0 spiro atoms. The third-order valence-electron chi connectivity index (χ3n) is 5.42. The second-order valence-electron chi connectivity index (χ2n) is 7.58. The van der Waals surface area contributed by atoms with Crippen molar-refractivity contribution in [1.29, 1.82) is 0 Å². The third kappa shape index (κ3) is 3.86. The number of carbonyl (C=O) groups excluding carboxylic acids is 2. The van der Waals surface area contributed by atoms with Gasteiger partial charge in [-0.2, -0.15) is 0 Å². The molecule has 5 nitrogen and oxygen atoms in total. The van der Waals surface area contributed by atoms with Crippen molar-refractivity contribution in [3.8, 4) is 5.75 Å². The van der Waals surface area contributed by atoms with E-state index in [1.54, 1.807) is 16.7 Å². The molecule has 29 heavy (non-hydrogen) atoms. The van der Waals surface area contributed by atoms with Gasteiger partial charge in [0.1, 0.15) is 29.9 Å². The molecule has 6 heteroatoms. The zero-order chi connectivity index (χ0) is 20.4. The van der Waals surface area contributed by atoms with E-state index in [-0.39, 0.29) is 25.1 Å². The van der Waals surface area contributed by atoms with E-state index in [2.05, 4.69) is 6.07 Å². The van der Waals surface area contributed by atoms with E-state index in [9.17, 15) is 9.59 Å². The molecule has 1 amide bonds. The van der Waals surface area contributed by atoms with Gasteiger partial charge >= 0.3 is 5.97 Å². The summed E-state index contributed by atoms with van der Waals surface area (Å²) >= 11 is 1.67. The second kappa shape index (κ2) is 8.11. The Morgan fingerprint density at radius 1 is 1.14 bits per heavy atom. The van der Waals surface area contributed by atoms with Gasteiger partial charge in [-0.3, -0.25) is 4.79 Å². The van der Waals surface area contributed by atoms with Gasteiger partial charge in [-0.1, -0.05) is 36.4 Å². The third-order valence-corrected chi connectivity index (χ3v) is 7.01. The van der Waals surface area contributed by atoms with E-state index in [0.29, 0.717) is 12.2 Å². The fourth-order valence-corrected chi connectivity index (χ4v) is 5.87. The lowest BCUT2D eigenvalue weighted by Crippen LogP contribution is -2.46. The lowest BCUT2D eigenvalue weighted by Gasteiger charge is -2.33. The molecule has 2 fully saturated rings. The Labute approximate surface area is 175 Å². The summed E-state index contributed by atoms with van der Waals surface area (Å²) in [4.78, 5) is 26.7. The highest BCUT2D eigenvalue weighted by Crippen LogP contribution is 2.54. The highest BCUT2D eigenvalue weighted by Gasteiger charge is 2.57. The quantitative estimate of drug-likeness (QED) is 0.534. The van der Waals surface area contributed by atoms with Crippen LogP contribution in [0.5, 0.6) is 5.75 Å². The summed E-state index contributed by atoms with van der Waals surface area (Å²) in [5.41, 5.74) is 3.33. The van der Waals surface area contributed by atoms with Gasteiger partial charge in [0.05, 0.1) is 0 Å². The Morgan fingerprint density at radius 2 is 1.86 bits per heavy atom. The van der Waals surface area contributed by atoms with Crippen LogP contribution in [0.1, 0.15) is 29.5 Å². The van der Waals surface area contributed by atoms with Crippen molar-refractivity contribution in [3.63, 3.8) is 0 Å². The summed E-state index contributed by atoms with van der Waals surface area (Å²) in [6, 6.07) is 15.4. The summed E-state index contributed by atoms with van der Waals surface area (Å²) in [7, 11) is 0. The van der Waals surface area contributed by atoms with Crippen molar-refractivity contribution < 1.29 is 19.1 Å². The van der Waals surface area contributed by atoms with Gasteiger partial charge in [0.25, 0.3) is 0 Å². The number of aryl methyl sites for hydroxylation is 2. The van der Waals surface area contributed by atoms with Gasteiger partial charge in [-0.05, 0) is 49.1 Å². The van der Waals surface area contributed by atoms with Crippen molar-refractivity contribution >= 4 is 23.6 Å². The molecule has 2 heterocycles. The molecule has 2 saturated heterocycles. The van der Waals surface area contributed by atoms with Gasteiger partial charge in [0.2, 0.25) is 5.91 Å². The molecule has 2 aromatic carbocycles. The maximum atomic E-state index is 12.7. The van der Waals surface area contributed by atoms with E-state index in [0.717, 1.165) is 28.9 Å². The lowest BCUT2D eigenvalue weighted by atomic mass is 10.0. The Balaban J connectivity index is 1.37. The summed E-state index contributed by atoms with van der Waals surface area (Å²) in [5, 5.41) is 0. The average molecular weight is 412 g/mol. The number of rotatable bonds is 6. The summed E-state index contributed by atoms with van der Waals surface area (Å²) in [6.45, 7) is 4.48. The van der Waals surface area contributed by atoms with Crippen molar-refractivity contribution in [2.45, 2.75) is 37.6 Å². The number of esters is 1. The van der Waals surface area contributed by atoms with Crippen molar-refractivity contribution in [2.75, 3.05) is 19.0 Å². The number of fused-ring (bicyclic) bond motifs is 1. The van der Waals surface area contributed by atoms with Crippen molar-refractivity contribution in [1.82, 2.24) is 4.90 Å². The van der Waals surface area contributed by atoms with Crippen molar-refractivity contribution in [2.24, 2.45) is 0 Å². The van der Waals surface area contributed by atoms with Gasteiger partial charge < -0.3 is 14.4 Å². The number of hydrogen-bond acceptors (Lipinski definition) is 5. The highest BCUT2D eigenvalue weighted by atomic mass is 32.2. The largest absolute Gasteiger partial charge is 0.490 e.